The molecule has 0 saturated heterocycles. The van der Waals surface area contributed by atoms with Crippen LogP contribution in [0.3, 0.4) is 0 Å². The number of carbonyl (C=O) groups is 1. The summed E-state index contributed by atoms with van der Waals surface area (Å²) in [5.74, 6) is -0.891. The second-order valence-electron chi connectivity index (χ2n) is 2.82. The molecule has 0 bridgehead atoms. The van der Waals surface area contributed by atoms with Crippen molar-refractivity contribution in [2.24, 2.45) is 5.14 Å². The van der Waals surface area contributed by atoms with Gasteiger partial charge in [-0.05, 0) is 34.1 Å². The van der Waals surface area contributed by atoms with Crippen molar-refractivity contribution in [1.82, 2.24) is 0 Å². The lowest BCUT2D eigenvalue weighted by atomic mass is 10.3. The summed E-state index contributed by atoms with van der Waals surface area (Å²) < 4.78 is 27.2. The van der Waals surface area contributed by atoms with Gasteiger partial charge in [-0.3, -0.25) is 0 Å². The molecule has 3 N–H and O–H groups in total. The van der Waals surface area contributed by atoms with Crippen LogP contribution >= 0.6 is 15.9 Å². The lowest BCUT2D eigenvalue weighted by Crippen LogP contribution is -2.13. The van der Waals surface area contributed by atoms with Crippen LogP contribution in [-0.4, -0.2) is 26.1 Å². The monoisotopic (exact) mass is 309 g/mol. The van der Waals surface area contributed by atoms with Crippen molar-refractivity contribution >= 4 is 31.9 Å². The molecule has 8 heteroatoms. The number of benzene rings is 1. The van der Waals surface area contributed by atoms with Gasteiger partial charge in [0.25, 0.3) is 0 Å². The van der Waals surface area contributed by atoms with Gasteiger partial charge in [-0.15, -0.1) is 0 Å². The van der Waals surface area contributed by atoms with Gasteiger partial charge in [0.1, 0.15) is 5.75 Å². The summed E-state index contributed by atoms with van der Waals surface area (Å²) in [5, 5.41) is 13.3. The number of nitrogens with two attached hydrogens (primary N) is 1. The van der Waals surface area contributed by atoms with Gasteiger partial charge in [0, 0.05) is 0 Å². The van der Waals surface area contributed by atoms with Crippen LogP contribution in [0, 0.1) is 0 Å². The number of ether oxygens (including phenoxy) is 1. The first-order valence-corrected chi connectivity index (χ1v) is 6.31. The molecule has 0 aliphatic heterocycles. The minimum Gasteiger partial charge on any atom is -0.481 e. The summed E-state index contributed by atoms with van der Waals surface area (Å²) >= 11 is 3.05. The Bertz CT molecular complexity index is 513. The number of aliphatic carboxylic acids is 1. The lowest BCUT2D eigenvalue weighted by molar-refractivity contribution is -0.139. The van der Waals surface area contributed by atoms with Gasteiger partial charge < -0.3 is 9.84 Å². The zero-order chi connectivity index (χ0) is 12.3. The predicted octanol–water partition coefficient (Wildman–Crippen LogP) is 0.560. The smallest absolute Gasteiger partial charge is 0.341 e. The maximum Gasteiger partial charge on any atom is 0.341 e. The van der Waals surface area contributed by atoms with Crippen molar-refractivity contribution in [3.05, 3.63) is 22.7 Å². The van der Waals surface area contributed by atoms with Crippen molar-refractivity contribution < 1.29 is 23.1 Å². The van der Waals surface area contributed by atoms with Gasteiger partial charge >= 0.3 is 5.97 Å². The number of hydrogen-bond donors (Lipinski definition) is 2. The Kier molecular flexibility index (Phi) is 3.89. The van der Waals surface area contributed by atoms with E-state index < -0.39 is 22.6 Å². The number of carboxylic acids is 1. The van der Waals surface area contributed by atoms with E-state index >= 15 is 0 Å². The molecule has 0 spiro atoms. The van der Waals surface area contributed by atoms with Crippen molar-refractivity contribution in [2.45, 2.75) is 4.90 Å². The Hall–Kier alpha value is -1.12. The van der Waals surface area contributed by atoms with Gasteiger partial charge in [0.05, 0.1) is 9.37 Å². The third-order valence-electron chi connectivity index (χ3n) is 1.58. The molecule has 6 nitrogen and oxygen atoms in total. The van der Waals surface area contributed by atoms with Crippen LogP contribution < -0.4 is 9.88 Å². The summed E-state index contributed by atoms with van der Waals surface area (Å²) in [6, 6.07) is 3.80. The molecule has 0 aliphatic rings. The molecule has 0 aliphatic carbocycles. The highest BCUT2D eigenvalue weighted by Crippen LogP contribution is 2.27. The first-order valence-electron chi connectivity index (χ1n) is 3.97. The number of halogens is 1. The molecule has 0 heterocycles. The standard InChI is InChI=1S/C8H8BrNO5S/c9-6-3-5(16(10,13)14)1-2-7(6)15-4-8(11)12/h1-3H,4H2,(H,11,12)(H2,10,13,14). The van der Waals surface area contributed by atoms with Gasteiger partial charge in [0.2, 0.25) is 10.0 Å². The number of sulfonamides is 1. The molecule has 16 heavy (non-hydrogen) atoms. The molecule has 0 fully saturated rings. The second-order valence-corrected chi connectivity index (χ2v) is 5.24. The molecule has 0 saturated carbocycles. The summed E-state index contributed by atoms with van der Waals surface area (Å²) in [5.41, 5.74) is 0. The van der Waals surface area contributed by atoms with E-state index in [2.05, 4.69) is 15.9 Å². The minimum atomic E-state index is -3.78. The molecular weight excluding hydrogens is 302 g/mol. The van der Waals surface area contributed by atoms with E-state index in [0.29, 0.717) is 4.47 Å². The fourth-order valence-corrected chi connectivity index (χ4v) is 2.10. The zero-order valence-electron chi connectivity index (χ0n) is 7.88. The van der Waals surface area contributed by atoms with E-state index in [9.17, 15) is 13.2 Å². The van der Waals surface area contributed by atoms with Gasteiger partial charge in [0.15, 0.2) is 6.61 Å². The average molecular weight is 310 g/mol. The van der Waals surface area contributed by atoms with E-state index in [0.717, 1.165) is 0 Å². The Balaban J connectivity index is 2.96. The molecule has 88 valence electrons. The number of primary sulfonamides is 1. The Morgan fingerprint density at radius 2 is 2.12 bits per heavy atom. The predicted molar refractivity (Wildman–Crippen MR) is 58.6 cm³/mol. The third kappa shape index (κ3) is 3.47. The Morgan fingerprint density at radius 3 is 2.56 bits per heavy atom. The molecule has 0 atom stereocenters. The highest BCUT2D eigenvalue weighted by Gasteiger charge is 2.11. The van der Waals surface area contributed by atoms with Crippen LogP contribution in [0.1, 0.15) is 0 Å². The van der Waals surface area contributed by atoms with Crippen LogP contribution in [0.25, 0.3) is 0 Å². The third-order valence-corrected chi connectivity index (χ3v) is 3.11. The summed E-state index contributed by atoms with van der Waals surface area (Å²) in [7, 11) is -3.78. The number of hydrogen-bond acceptors (Lipinski definition) is 4. The van der Waals surface area contributed by atoms with Gasteiger partial charge in [-0.2, -0.15) is 0 Å². The van der Waals surface area contributed by atoms with Gasteiger partial charge in [-0.25, -0.2) is 18.4 Å². The summed E-state index contributed by atoms with van der Waals surface area (Å²) in [6.45, 7) is -0.507. The molecule has 1 aromatic rings. The van der Waals surface area contributed by atoms with Gasteiger partial charge in [-0.1, -0.05) is 0 Å². The number of rotatable bonds is 4. The fourth-order valence-electron chi connectivity index (χ4n) is 0.915. The second kappa shape index (κ2) is 4.81. The van der Waals surface area contributed by atoms with E-state index in [1.165, 1.54) is 18.2 Å². The molecule has 1 rings (SSSR count). The highest BCUT2D eigenvalue weighted by molar-refractivity contribution is 9.10. The molecule has 0 aromatic heterocycles. The topological polar surface area (TPSA) is 107 Å². The van der Waals surface area contributed by atoms with Crippen LogP contribution in [0.4, 0.5) is 0 Å². The molecule has 0 unspecified atom stereocenters. The van der Waals surface area contributed by atoms with E-state index in [4.69, 9.17) is 15.0 Å². The lowest BCUT2D eigenvalue weighted by Gasteiger charge is -2.06. The van der Waals surface area contributed by atoms with E-state index in [1.807, 2.05) is 0 Å². The van der Waals surface area contributed by atoms with Crippen molar-refractivity contribution in [2.75, 3.05) is 6.61 Å². The normalized spacial score (nSPS) is 11.1. The highest BCUT2D eigenvalue weighted by atomic mass is 79.9. The summed E-state index contributed by atoms with van der Waals surface area (Å²) in [4.78, 5) is 10.2. The minimum absolute atomic E-state index is 0.0814. The number of carboxylic acid groups (broad SMARTS) is 1. The Labute approximate surface area is 100 Å². The molecule has 1 aromatic carbocycles. The van der Waals surface area contributed by atoms with Crippen LogP contribution in [0.15, 0.2) is 27.6 Å². The molecule has 0 radical (unpaired) electrons. The first kappa shape index (κ1) is 12.9. The van der Waals surface area contributed by atoms with Crippen LogP contribution in [-0.2, 0) is 14.8 Å². The van der Waals surface area contributed by atoms with Crippen LogP contribution in [0.2, 0.25) is 0 Å². The van der Waals surface area contributed by atoms with Crippen LogP contribution in [0.5, 0.6) is 5.75 Å². The van der Waals surface area contributed by atoms with E-state index in [-0.39, 0.29) is 10.6 Å². The maximum absolute atomic E-state index is 11.0. The summed E-state index contributed by atoms with van der Waals surface area (Å²) in [6.07, 6.45) is 0. The van der Waals surface area contributed by atoms with Crippen molar-refractivity contribution in [3.63, 3.8) is 0 Å². The van der Waals surface area contributed by atoms with E-state index in [1.54, 1.807) is 0 Å². The average Bonchev–Trinajstić information content (AvgIpc) is 2.14. The quantitative estimate of drug-likeness (QED) is 0.845. The molecular formula is C8H8BrNO5S. The zero-order valence-corrected chi connectivity index (χ0v) is 10.3. The van der Waals surface area contributed by atoms with Crippen molar-refractivity contribution in [1.29, 1.82) is 0 Å². The van der Waals surface area contributed by atoms with Crippen molar-refractivity contribution in [3.8, 4) is 5.75 Å². The fraction of sp³-hybridized carbons (Fsp3) is 0.125. The SMILES string of the molecule is NS(=O)(=O)c1ccc(OCC(=O)O)c(Br)c1. The maximum atomic E-state index is 11.0. The largest absolute Gasteiger partial charge is 0.481 e. The molecule has 0 amide bonds. The Morgan fingerprint density at radius 1 is 1.50 bits per heavy atom. The first-order chi connectivity index (χ1) is 7.30.